The molecule has 0 aliphatic rings. The maximum Gasteiger partial charge on any atom is 0.0660 e. The number of aromatic nitrogens is 2. The van der Waals surface area contributed by atoms with Crippen molar-refractivity contribution in [2.45, 2.75) is 53.0 Å². The fourth-order valence-corrected chi connectivity index (χ4v) is 3.69. The summed E-state index contributed by atoms with van der Waals surface area (Å²) >= 11 is 12.2. The Bertz CT molecular complexity index is 736. The molecule has 0 saturated carbocycles. The van der Waals surface area contributed by atoms with E-state index in [0.717, 1.165) is 35.4 Å². The van der Waals surface area contributed by atoms with Crippen LogP contribution in [0, 0.1) is 5.92 Å². The quantitative estimate of drug-likeness (QED) is 0.700. The van der Waals surface area contributed by atoms with Crippen molar-refractivity contribution in [1.82, 2.24) is 9.78 Å². The molecule has 25 heavy (non-hydrogen) atoms. The lowest BCUT2D eigenvalue weighted by Crippen LogP contribution is -2.34. The smallest absolute Gasteiger partial charge is 0.0660 e. The Morgan fingerprint density at radius 3 is 2.28 bits per heavy atom. The maximum atomic E-state index is 11.3. The van der Waals surface area contributed by atoms with Gasteiger partial charge < -0.3 is 9.90 Å². The van der Waals surface area contributed by atoms with Gasteiger partial charge in [0.05, 0.1) is 5.69 Å². The van der Waals surface area contributed by atoms with E-state index >= 15 is 0 Å². The van der Waals surface area contributed by atoms with Crippen molar-refractivity contribution in [2.24, 2.45) is 5.92 Å². The van der Waals surface area contributed by atoms with Gasteiger partial charge in [0.2, 0.25) is 0 Å². The SMILES string of the molecule is CCc1nn(CC(CC)C(=O)[O-])c(CC)c1Cc1cc(Cl)cc(Cl)c1. The first-order valence-electron chi connectivity index (χ1n) is 8.62. The van der Waals surface area contributed by atoms with Crippen molar-refractivity contribution in [2.75, 3.05) is 0 Å². The van der Waals surface area contributed by atoms with E-state index in [-0.39, 0.29) is 0 Å². The van der Waals surface area contributed by atoms with E-state index in [2.05, 4.69) is 18.9 Å². The van der Waals surface area contributed by atoms with Crippen LogP contribution in [0.5, 0.6) is 0 Å². The first-order valence-corrected chi connectivity index (χ1v) is 9.38. The molecule has 1 aromatic heterocycles. The Hall–Kier alpha value is -1.52. The minimum atomic E-state index is -1.03. The van der Waals surface area contributed by atoms with Gasteiger partial charge in [-0.1, -0.05) is 44.0 Å². The molecule has 4 nitrogen and oxygen atoms in total. The summed E-state index contributed by atoms with van der Waals surface area (Å²) in [6.45, 7) is 6.30. The van der Waals surface area contributed by atoms with Crippen molar-refractivity contribution in [3.8, 4) is 0 Å². The predicted octanol–water partition coefficient (Wildman–Crippen LogP) is 3.68. The van der Waals surface area contributed by atoms with Gasteiger partial charge in [0.1, 0.15) is 0 Å². The molecular weight excluding hydrogens is 359 g/mol. The average molecular weight is 382 g/mol. The molecule has 1 atom stereocenters. The second-order valence-electron chi connectivity index (χ2n) is 6.14. The van der Waals surface area contributed by atoms with Crippen LogP contribution in [0.1, 0.15) is 49.7 Å². The number of hydrogen-bond acceptors (Lipinski definition) is 3. The lowest BCUT2D eigenvalue weighted by molar-refractivity contribution is -0.312. The van der Waals surface area contributed by atoms with Crippen LogP contribution in [0.15, 0.2) is 18.2 Å². The van der Waals surface area contributed by atoms with E-state index in [9.17, 15) is 9.90 Å². The van der Waals surface area contributed by atoms with Gasteiger partial charge in [-0.3, -0.25) is 4.68 Å². The van der Waals surface area contributed by atoms with Crippen LogP contribution < -0.4 is 5.11 Å². The van der Waals surface area contributed by atoms with E-state index in [1.54, 1.807) is 6.07 Å². The molecule has 136 valence electrons. The molecule has 2 aromatic rings. The maximum absolute atomic E-state index is 11.3. The number of hydrogen-bond donors (Lipinski definition) is 0. The highest BCUT2D eigenvalue weighted by Gasteiger charge is 2.19. The first kappa shape index (κ1) is 19.8. The Labute approximate surface area is 158 Å². The highest BCUT2D eigenvalue weighted by atomic mass is 35.5. The third-order valence-corrected chi connectivity index (χ3v) is 4.88. The molecule has 0 spiro atoms. The molecule has 6 heteroatoms. The number of carbonyl (C=O) groups is 1. The molecule has 0 aliphatic heterocycles. The van der Waals surface area contributed by atoms with Crippen molar-refractivity contribution < 1.29 is 9.90 Å². The number of nitrogens with zero attached hydrogens (tertiary/aromatic N) is 2. The number of benzene rings is 1. The van der Waals surface area contributed by atoms with Gasteiger partial charge >= 0.3 is 0 Å². The third-order valence-electron chi connectivity index (χ3n) is 4.44. The van der Waals surface area contributed by atoms with Crippen molar-refractivity contribution in [3.05, 3.63) is 50.8 Å². The summed E-state index contributed by atoms with van der Waals surface area (Å²) in [5.41, 5.74) is 4.21. The Morgan fingerprint density at radius 1 is 1.16 bits per heavy atom. The van der Waals surface area contributed by atoms with Gasteiger partial charge in [0.25, 0.3) is 0 Å². The van der Waals surface area contributed by atoms with Crippen LogP contribution in [0.3, 0.4) is 0 Å². The number of halogens is 2. The lowest BCUT2D eigenvalue weighted by atomic mass is 10.00. The van der Waals surface area contributed by atoms with Gasteiger partial charge in [-0.05, 0) is 43.0 Å². The molecule has 0 saturated heterocycles. The molecule has 0 N–H and O–H groups in total. The van der Waals surface area contributed by atoms with Crippen LogP contribution in [-0.4, -0.2) is 15.7 Å². The summed E-state index contributed by atoms with van der Waals surface area (Å²) in [6.07, 6.45) is 2.76. The zero-order valence-electron chi connectivity index (χ0n) is 14.8. The Kier molecular flexibility index (Phi) is 6.91. The summed E-state index contributed by atoms with van der Waals surface area (Å²) in [7, 11) is 0. The molecule has 0 aliphatic carbocycles. The van der Waals surface area contributed by atoms with Crippen molar-refractivity contribution >= 4 is 29.2 Å². The molecule has 0 radical (unpaired) electrons. The van der Waals surface area contributed by atoms with Crippen LogP contribution in [0.2, 0.25) is 10.0 Å². The van der Waals surface area contributed by atoms with Crippen LogP contribution in [0.4, 0.5) is 0 Å². The number of carboxylic acid groups (broad SMARTS) is 1. The number of aliphatic carboxylic acids is 1. The summed E-state index contributed by atoms with van der Waals surface area (Å²) in [5.74, 6) is -1.57. The lowest BCUT2D eigenvalue weighted by Gasteiger charge is -2.17. The monoisotopic (exact) mass is 381 g/mol. The molecule has 1 unspecified atom stereocenters. The van der Waals surface area contributed by atoms with Gasteiger partial charge in [-0.2, -0.15) is 5.10 Å². The Balaban J connectivity index is 2.41. The van der Waals surface area contributed by atoms with E-state index in [1.165, 1.54) is 0 Å². The van der Waals surface area contributed by atoms with Crippen LogP contribution in [0.25, 0.3) is 0 Å². The molecule has 1 aromatic carbocycles. The topological polar surface area (TPSA) is 58.0 Å². The third kappa shape index (κ3) is 4.77. The second-order valence-corrected chi connectivity index (χ2v) is 7.01. The standard InChI is InChI=1S/C19H24Cl2N2O2/c1-4-13(19(24)25)11-23-18(6-3)16(17(5-2)22-23)9-12-7-14(20)10-15(21)8-12/h7-8,10,13H,4-6,9,11H2,1-3H3,(H,24,25)/p-1. The summed E-state index contributed by atoms with van der Waals surface area (Å²) in [4.78, 5) is 11.3. The highest BCUT2D eigenvalue weighted by Crippen LogP contribution is 2.25. The molecule has 1 heterocycles. The number of carbonyl (C=O) groups excluding carboxylic acids is 1. The molecule has 0 fully saturated rings. The van der Waals surface area contributed by atoms with Gasteiger partial charge in [0.15, 0.2) is 0 Å². The summed E-state index contributed by atoms with van der Waals surface area (Å²) < 4.78 is 1.84. The second kappa shape index (κ2) is 8.72. The number of rotatable bonds is 8. The number of aryl methyl sites for hydroxylation is 1. The molecular formula is C19H23Cl2N2O2-. The molecule has 0 amide bonds. The summed E-state index contributed by atoms with van der Waals surface area (Å²) in [6, 6.07) is 5.52. The number of carboxylic acids is 1. The van der Waals surface area contributed by atoms with E-state index in [0.29, 0.717) is 29.4 Å². The van der Waals surface area contributed by atoms with Gasteiger partial charge in [-0.15, -0.1) is 0 Å². The fourth-order valence-electron chi connectivity index (χ4n) is 3.12. The fraction of sp³-hybridized carbons (Fsp3) is 0.474. The van der Waals surface area contributed by atoms with Crippen LogP contribution in [-0.2, 0) is 30.6 Å². The van der Waals surface area contributed by atoms with Crippen molar-refractivity contribution in [1.29, 1.82) is 0 Å². The zero-order chi connectivity index (χ0) is 18.6. The first-order chi connectivity index (χ1) is 11.9. The van der Waals surface area contributed by atoms with Gasteiger partial charge in [0, 0.05) is 46.2 Å². The largest absolute Gasteiger partial charge is 0.550 e. The van der Waals surface area contributed by atoms with Crippen molar-refractivity contribution in [3.63, 3.8) is 0 Å². The predicted molar refractivity (Wildman–Crippen MR) is 99.0 cm³/mol. The minimum Gasteiger partial charge on any atom is -0.550 e. The minimum absolute atomic E-state index is 0.339. The average Bonchev–Trinajstić information content (AvgIpc) is 2.87. The normalized spacial score (nSPS) is 12.4. The summed E-state index contributed by atoms with van der Waals surface area (Å²) in [5, 5.41) is 17.2. The Morgan fingerprint density at radius 2 is 1.80 bits per heavy atom. The molecule has 0 bridgehead atoms. The molecule has 2 rings (SSSR count). The van der Waals surface area contributed by atoms with E-state index < -0.39 is 11.9 Å². The van der Waals surface area contributed by atoms with E-state index in [4.69, 9.17) is 23.2 Å². The van der Waals surface area contributed by atoms with Gasteiger partial charge in [-0.25, -0.2) is 0 Å². The van der Waals surface area contributed by atoms with E-state index in [1.807, 2.05) is 23.7 Å². The highest BCUT2D eigenvalue weighted by molar-refractivity contribution is 6.34. The van der Waals surface area contributed by atoms with Crippen LogP contribution >= 0.6 is 23.2 Å². The zero-order valence-corrected chi connectivity index (χ0v) is 16.3.